The van der Waals surface area contributed by atoms with Crippen molar-refractivity contribution in [3.05, 3.63) is 28.0 Å². The van der Waals surface area contributed by atoms with Crippen LogP contribution in [0, 0.1) is 12.7 Å². The summed E-state index contributed by atoms with van der Waals surface area (Å²) in [6.45, 7) is 1.60. The fourth-order valence-electron chi connectivity index (χ4n) is 0.872. The number of rotatable bonds is 2. The number of benzene rings is 1. The lowest BCUT2D eigenvalue weighted by atomic mass is 10.2. The maximum atomic E-state index is 13.1. The lowest BCUT2D eigenvalue weighted by molar-refractivity contribution is -0.105. The molecule has 0 aliphatic heterocycles. The summed E-state index contributed by atoms with van der Waals surface area (Å²) in [7, 11) is 0. The van der Waals surface area contributed by atoms with Crippen molar-refractivity contribution in [3.63, 3.8) is 0 Å². The Balaban J connectivity index is 3.16. The minimum Gasteiger partial charge on any atom is -0.328 e. The molecule has 0 aromatic heterocycles. The Morgan fingerprint density at radius 3 is 2.83 bits per heavy atom. The molecule has 1 N–H and O–H groups in total. The van der Waals surface area contributed by atoms with Crippen LogP contribution in [0.25, 0.3) is 0 Å². The van der Waals surface area contributed by atoms with Crippen LogP contribution < -0.4 is 5.32 Å². The molecule has 1 aromatic carbocycles. The molecule has 0 fully saturated rings. The SMILES string of the molecule is Cc1c(NC=O)ccc(Br)c1F. The van der Waals surface area contributed by atoms with Gasteiger partial charge in [0, 0.05) is 11.3 Å². The van der Waals surface area contributed by atoms with Crippen LogP contribution in [0.15, 0.2) is 16.6 Å². The smallest absolute Gasteiger partial charge is 0.211 e. The third-order valence-electron chi connectivity index (χ3n) is 1.55. The summed E-state index contributed by atoms with van der Waals surface area (Å²) in [6.07, 6.45) is 0.523. The van der Waals surface area contributed by atoms with Gasteiger partial charge in [0.1, 0.15) is 5.82 Å². The fourth-order valence-corrected chi connectivity index (χ4v) is 1.30. The van der Waals surface area contributed by atoms with Crippen molar-refractivity contribution < 1.29 is 9.18 Å². The fraction of sp³-hybridized carbons (Fsp3) is 0.125. The van der Waals surface area contributed by atoms with Crippen LogP contribution in [-0.4, -0.2) is 6.41 Å². The van der Waals surface area contributed by atoms with Gasteiger partial charge in [0.25, 0.3) is 0 Å². The predicted molar refractivity (Wildman–Crippen MR) is 48.5 cm³/mol. The second-order valence-electron chi connectivity index (χ2n) is 2.30. The topological polar surface area (TPSA) is 29.1 Å². The number of nitrogens with one attached hydrogen (secondary N) is 1. The molecule has 0 saturated carbocycles. The molecule has 1 amide bonds. The van der Waals surface area contributed by atoms with Crippen molar-refractivity contribution in [1.82, 2.24) is 0 Å². The van der Waals surface area contributed by atoms with E-state index in [9.17, 15) is 9.18 Å². The maximum absolute atomic E-state index is 13.1. The van der Waals surface area contributed by atoms with Crippen molar-refractivity contribution in [2.75, 3.05) is 5.32 Å². The highest BCUT2D eigenvalue weighted by molar-refractivity contribution is 9.10. The summed E-state index contributed by atoms with van der Waals surface area (Å²) in [5.41, 5.74) is 0.919. The summed E-state index contributed by atoms with van der Waals surface area (Å²) in [4.78, 5) is 10.1. The molecule has 0 aliphatic carbocycles. The Morgan fingerprint density at radius 1 is 1.58 bits per heavy atom. The highest BCUT2D eigenvalue weighted by Crippen LogP contribution is 2.24. The largest absolute Gasteiger partial charge is 0.328 e. The van der Waals surface area contributed by atoms with Crippen LogP contribution in [0.1, 0.15) is 5.56 Å². The summed E-state index contributed by atoms with van der Waals surface area (Å²) < 4.78 is 13.5. The average molecular weight is 232 g/mol. The minimum absolute atomic E-state index is 0.346. The first-order chi connectivity index (χ1) is 5.66. The zero-order valence-electron chi connectivity index (χ0n) is 6.40. The van der Waals surface area contributed by atoms with Gasteiger partial charge in [-0.25, -0.2) is 4.39 Å². The summed E-state index contributed by atoms with van der Waals surface area (Å²) in [5.74, 6) is -0.346. The number of amides is 1. The summed E-state index contributed by atoms with van der Waals surface area (Å²) in [6, 6.07) is 3.19. The zero-order chi connectivity index (χ0) is 9.14. The van der Waals surface area contributed by atoms with E-state index in [4.69, 9.17) is 0 Å². The average Bonchev–Trinajstić information content (AvgIpc) is 2.07. The van der Waals surface area contributed by atoms with Gasteiger partial charge in [0.2, 0.25) is 6.41 Å². The molecule has 0 heterocycles. The number of halogens is 2. The van der Waals surface area contributed by atoms with Crippen LogP contribution in [0.5, 0.6) is 0 Å². The van der Waals surface area contributed by atoms with E-state index in [2.05, 4.69) is 21.2 Å². The van der Waals surface area contributed by atoms with Gasteiger partial charge in [-0.2, -0.15) is 0 Å². The van der Waals surface area contributed by atoms with E-state index in [1.165, 1.54) is 0 Å². The molecule has 0 bridgehead atoms. The monoisotopic (exact) mass is 231 g/mol. The molecule has 0 unspecified atom stereocenters. The van der Waals surface area contributed by atoms with Crippen molar-refractivity contribution >= 4 is 28.0 Å². The van der Waals surface area contributed by atoms with Gasteiger partial charge in [-0.05, 0) is 35.0 Å². The molecule has 0 spiro atoms. The van der Waals surface area contributed by atoms with Gasteiger partial charge in [-0.15, -0.1) is 0 Å². The standard InChI is InChI=1S/C8H7BrFNO/c1-5-7(11-4-12)3-2-6(9)8(5)10/h2-4H,1H3,(H,11,12). The number of carbonyl (C=O) groups excluding carboxylic acids is 1. The first-order valence-electron chi connectivity index (χ1n) is 3.31. The molecule has 1 aromatic rings. The Labute approximate surface area is 77.9 Å². The van der Waals surface area contributed by atoms with E-state index >= 15 is 0 Å². The Hall–Kier alpha value is -0.900. The van der Waals surface area contributed by atoms with E-state index < -0.39 is 0 Å². The van der Waals surface area contributed by atoms with Crippen LogP contribution in [-0.2, 0) is 4.79 Å². The van der Waals surface area contributed by atoms with E-state index in [1.807, 2.05) is 0 Å². The molecular formula is C8H7BrFNO. The Kier molecular flexibility index (Phi) is 2.81. The van der Waals surface area contributed by atoms with Crippen LogP contribution >= 0.6 is 15.9 Å². The zero-order valence-corrected chi connectivity index (χ0v) is 7.98. The highest BCUT2D eigenvalue weighted by atomic mass is 79.9. The van der Waals surface area contributed by atoms with Crippen molar-refractivity contribution in [2.45, 2.75) is 6.92 Å². The highest BCUT2D eigenvalue weighted by Gasteiger charge is 2.06. The van der Waals surface area contributed by atoms with Crippen molar-refractivity contribution in [3.8, 4) is 0 Å². The van der Waals surface area contributed by atoms with Crippen molar-refractivity contribution in [1.29, 1.82) is 0 Å². The predicted octanol–water partition coefficient (Wildman–Crippen LogP) is 2.46. The maximum Gasteiger partial charge on any atom is 0.211 e. The molecule has 2 nitrogen and oxygen atoms in total. The number of hydrogen-bond acceptors (Lipinski definition) is 1. The first kappa shape index (κ1) is 9.19. The van der Waals surface area contributed by atoms with Crippen LogP contribution in [0.4, 0.5) is 10.1 Å². The second-order valence-corrected chi connectivity index (χ2v) is 3.15. The molecule has 1 rings (SSSR count). The van der Waals surface area contributed by atoms with Crippen LogP contribution in [0.2, 0.25) is 0 Å². The molecule has 4 heteroatoms. The number of anilines is 1. The van der Waals surface area contributed by atoms with Gasteiger partial charge in [0.15, 0.2) is 0 Å². The van der Waals surface area contributed by atoms with E-state index in [0.29, 0.717) is 22.1 Å². The number of carbonyl (C=O) groups is 1. The molecule has 12 heavy (non-hydrogen) atoms. The van der Waals surface area contributed by atoms with Gasteiger partial charge < -0.3 is 5.32 Å². The summed E-state index contributed by atoms with van der Waals surface area (Å²) in [5, 5.41) is 2.40. The summed E-state index contributed by atoms with van der Waals surface area (Å²) >= 11 is 3.04. The molecule has 0 saturated heterocycles. The Morgan fingerprint density at radius 2 is 2.25 bits per heavy atom. The molecule has 0 atom stereocenters. The van der Waals surface area contributed by atoms with Gasteiger partial charge in [-0.1, -0.05) is 0 Å². The van der Waals surface area contributed by atoms with Crippen LogP contribution in [0.3, 0.4) is 0 Å². The molecular weight excluding hydrogens is 225 g/mol. The third-order valence-corrected chi connectivity index (χ3v) is 2.17. The number of hydrogen-bond donors (Lipinski definition) is 1. The quantitative estimate of drug-likeness (QED) is 0.779. The molecule has 0 radical (unpaired) electrons. The van der Waals surface area contributed by atoms with Gasteiger partial charge >= 0.3 is 0 Å². The lowest BCUT2D eigenvalue weighted by Gasteiger charge is -2.05. The van der Waals surface area contributed by atoms with E-state index in [1.54, 1.807) is 19.1 Å². The lowest BCUT2D eigenvalue weighted by Crippen LogP contribution is -1.98. The third kappa shape index (κ3) is 1.64. The van der Waals surface area contributed by atoms with E-state index in [0.717, 1.165) is 0 Å². The minimum atomic E-state index is -0.346. The Bertz CT molecular complexity index is 314. The van der Waals surface area contributed by atoms with Gasteiger partial charge in [0.05, 0.1) is 4.47 Å². The second kappa shape index (κ2) is 3.67. The van der Waals surface area contributed by atoms with E-state index in [-0.39, 0.29) is 5.82 Å². The van der Waals surface area contributed by atoms with Gasteiger partial charge in [-0.3, -0.25) is 4.79 Å². The first-order valence-corrected chi connectivity index (χ1v) is 4.11. The molecule has 64 valence electrons. The van der Waals surface area contributed by atoms with Crippen molar-refractivity contribution in [2.24, 2.45) is 0 Å². The normalized spacial score (nSPS) is 9.58. The molecule has 0 aliphatic rings.